The topological polar surface area (TPSA) is 70.1 Å². The fraction of sp³-hybridized carbons (Fsp3) is 0.846. The molecule has 2 amide bonds. The number of hydrogen-bond donors (Lipinski definition) is 1. The molecule has 0 aromatic carbocycles. The Bertz CT molecular complexity index is 434. The second-order valence-electron chi connectivity index (χ2n) is 6.41. The van der Waals surface area contributed by atoms with E-state index < -0.39 is 42.5 Å². The molecule has 6 nitrogen and oxygen atoms in total. The quantitative estimate of drug-likeness (QED) is 0.804. The molecule has 1 rings (SSSR count). The zero-order valence-corrected chi connectivity index (χ0v) is 13.0. The second kappa shape index (κ2) is 6.21. The first-order valence-electron chi connectivity index (χ1n) is 6.81. The van der Waals surface area contributed by atoms with Gasteiger partial charge in [-0.3, -0.25) is 0 Å². The van der Waals surface area contributed by atoms with Crippen LogP contribution >= 0.6 is 0 Å². The van der Waals surface area contributed by atoms with Crippen molar-refractivity contribution in [3.8, 4) is 0 Å². The maximum absolute atomic E-state index is 12.9. The first kappa shape index (κ1) is 18.4. The first-order chi connectivity index (χ1) is 9.81. The Morgan fingerprint density at radius 3 is 2.18 bits per heavy atom. The third-order valence-corrected chi connectivity index (χ3v) is 3.39. The largest absolute Gasteiger partial charge is 0.465 e. The van der Waals surface area contributed by atoms with Gasteiger partial charge in [-0.15, -0.1) is 0 Å². The van der Waals surface area contributed by atoms with Gasteiger partial charge in [0.25, 0.3) is 0 Å². The van der Waals surface area contributed by atoms with Crippen molar-refractivity contribution in [2.45, 2.75) is 45.0 Å². The van der Waals surface area contributed by atoms with Crippen molar-refractivity contribution in [1.82, 2.24) is 9.80 Å². The van der Waals surface area contributed by atoms with E-state index in [1.54, 1.807) is 20.8 Å². The van der Waals surface area contributed by atoms with Crippen LogP contribution in [0.15, 0.2) is 0 Å². The average molecular weight is 326 g/mol. The Kier molecular flexibility index (Phi) is 5.19. The van der Waals surface area contributed by atoms with Gasteiger partial charge in [-0.2, -0.15) is 13.2 Å². The van der Waals surface area contributed by atoms with Crippen molar-refractivity contribution in [3.05, 3.63) is 0 Å². The molecule has 1 aliphatic rings. The lowest BCUT2D eigenvalue weighted by Gasteiger charge is -2.40. The van der Waals surface area contributed by atoms with E-state index in [2.05, 4.69) is 0 Å². The van der Waals surface area contributed by atoms with E-state index in [0.717, 1.165) is 4.90 Å². The second-order valence-corrected chi connectivity index (χ2v) is 6.41. The molecule has 0 spiro atoms. The summed E-state index contributed by atoms with van der Waals surface area (Å²) in [6.45, 7) is 4.14. The Labute approximate surface area is 126 Å². The van der Waals surface area contributed by atoms with E-state index in [9.17, 15) is 22.8 Å². The maximum atomic E-state index is 12.9. The fourth-order valence-corrected chi connectivity index (χ4v) is 2.23. The molecule has 0 unspecified atom stereocenters. The Hall–Kier alpha value is -1.67. The van der Waals surface area contributed by atoms with Gasteiger partial charge in [0.15, 0.2) is 0 Å². The number of carboxylic acid groups (broad SMARTS) is 1. The number of carbonyl (C=O) groups excluding carboxylic acids is 1. The molecule has 128 valence electrons. The Morgan fingerprint density at radius 1 is 1.23 bits per heavy atom. The molecule has 1 saturated heterocycles. The molecule has 9 heteroatoms. The number of carbonyl (C=O) groups is 2. The van der Waals surface area contributed by atoms with Crippen LogP contribution in [0.25, 0.3) is 0 Å². The maximum Gasteiger partial charge on any atom is 0.410 e. The van der Waals surface area contributed by atoms with Gasteiger partial charge >= 0.3 is 18.4 Å². The summed E-state index contributed by atoms with van der Waals surface area (Å²) in [6, 6.07) is -0.883. The van der Waals surface area contributed by atoms with Crippen LogP contribution < -0.4 is 0 Å². The molecule has 0 aliphatic carbocycles. The Balaban J connectivity index is 2.87. The van der Waals surface area contributed by atoms with Crippen LogP contribution in [0.3, 0.4) is 0 Å². The predicted molar refractivity (Wildman–Crippen MR) is 71.5 cm³/mol. The molecule has 1 N–H and O–H groups in total. The average Bonchev–Trinajstić information content (AvgIpc) is 2.34. The highest BCUT2D eigenvalue weighted by Crippen LogP contribution is 2.34. The molecule has 1 fully saturated rings. The number of likely N-dealkylation sites (tertiary alicyclic amines) is 1. The molecule has 0 bridgehead atoms. The molecular formula is C13H21F3N2O4. The molecule has 0 aromatic rings. The lowest BCUT2D eigenvalue weighted by Crippen LogP contribution is -2.55. The number of halogens is 3. The minimum absolute atomic E-state index is 0.169. The highest BCUT2D eigenvalue weighted by Gasteiger charge is 2.47. The molecular weight excluding hydrogens is 305 g/mol. The molecule has 22 heavy (non-hydrogen) atoms. The van der Waals surface area contributed by atoms with Crippen molar-refractivity contribution in [2.24, 2.45) is 5.92 Å². The van der Waals surface area contributed by atoms with Gasteiger partial charge in [0.05, 0.1) is 12.0 Å². The van der Waals surface area contributed by atoms with Crippen LogP contribution in [0.4, 0.5) is 22.8 Å². The van der Waals surface area contributed by atoms with Crippen LogP contribution in [-0.4, -0.2) is 65.0 Å². The van der Waals surface area contributed by atoms with Gasteiger partial charge in [-0.1, -0.05) is 0 Å². The zero-order valence-electron chi connectivity index (χ0n) is 13.0. The number of piperidine rings is 1. The van der Waals surface area contributed by atoms with E-state index in [4.69, 9.17) is 9.84 Å². The lowest BCUT2D eigenvalue weighted by molar-refractivity contribution is -0.189. The summed E-state index contributed by atoms with van der Waals surface area (Å²) in [5.41, 5.74) is -0.782. The van der Waals surface area contributed by atoms with E-state index in [1.165, 1.54) is 7.05 Å². The number of rotatable bonds is 1. The van der Waals surface area contributed by atoms with Gasteiger partial charge in [-0.25, -0.2) is 9.59 Å². The van der Waals surface area contributed by atoms with Gasteiger partial charge in [0.1, 0.15) is 5.60 Å². The van der Waals surface area contributed by atoms with Crippen molar-refractivity contribution in [2.75, 3.05) is 20.1 Å². The predicted octanol–water partition coefficient (Wildman–Crippen LogP) is 2.78. The molecule has 1 aliphatic heterocycles. The number of hydrogen-bond acceptors (Lipinski definition) is 3. The highest BCUT2D eigenvalue weighted by atomic mass is 19.4. The molecule has 0 saturated carbocycles. The molecule has 0 radical (unpaired) electrons. The summed E-state index contributed by atoms with van der Waals surface area (Å²) in [5.74, 6) is -1.80. The normalized spacial score (nSPS) is 23.1. The standard InChI is InChI=1S/C13H21F3N2O4/c1-12(2,3)22-11(21)17(4)9-5-8(13(14,15)16)6-18(7-9)10(19)20/h8-9H,5-7H2,1-4H3,(H,19,20)/t8-,9+/m0/s1. The van der Waals surface area contributed by atoms with Crippen LogP contribution in [0, 0.1) is 5.92 Å². The van der Waals surface area contributed by atoms with E-state index in [1.807, 2.05) is 0 Å². The summed E-state index contributed by atoms with van der Waals surface area (Å²) in [7, 11) is 1.32. The summed E-state index contributed by atoms with van der Waals surface area (Å²) >= 11 is 0. The lowest BCUT2D eigenvalue weighted by atomic mass is 9.93. The summed E-state index contributed by atoms with van der Waals surface area (Å²) in [5, 5.41) is 8.97. The number of nitrogens with zero attached hydrogens (tertiary/aromatic N) is 2. The fourth-order valence-electron chi connectivity index (χ4n) is 2.23. The van der Waals surface area contributed by atoms with Gasteiger partial charge in [0.2, 0.25) is 0 Å². The number of amides is 2. The van der Waals surface area contributed by atoms with E-state index >= 15 is 0 Å². The number of alkyl halides is 3. The van der Waals surface area contributed by atoms with Gasteiger partial charge < -0.3 is 19.6 Å². The highest BCUT2D eigenvalue weighted by molar-refractivity contribution is 5.69. The monoisotopic (exact) mass is 326 g/mol. The minimum Gasteiger partial charge on any atom is -0.465 e. The zero-order chi connectivity index (χ0) is 17.3. The van der Waals surface area contributed by atoms with Crippen LogP contribution in [0.2, 0.25) is 0 Å². The third kappa shape index (κ3) is 4.96. The summed E-state index contributed by atoms with van der Waals surface area (Å²) in [6.07, 6.45) is -7.06. The van der Waals surface area contributed by atoms with Crippen LogP contribution in [0.1, 0.15) is 27.2 Å². The van der Waals surface area contributed by atoms with E-state index in [0.29, 0.717) is 4.90 Å². The SMILES string of the molecule is CN(C(=O)OC(C)(C)C)[C@@H]1C[C@H](C(F)(F)F)CN(C(=O)O)C1. The van der Waals surface area contributed by atoms with Crippen molar-refractivity contribution >= 4 is 12.2 Å². The van der Waals surface area contributed by atoms with Gasteiger partial charge in [-0.05, 0) is 27.2 Å². The molecule has 1 heterocycles. The Morgan fingerprint density at radius 2 is 1.77 bits per heavy atom. The first-order valence-corrected chi connectivity index (χ1v) is 6.81. The summed E-state index contributed by atoms with van der Waals surface area (Å²) in [4.78, 5) is 24.7. The van der Waals surface area contributed by atoms with Crippen molar-refractivity contribution < 1.29 is 32.6 Å². The van der Waals surface area contributed by atoms with E-state index in [-0.39, 0.29) is 13.0 Å². The number of ether oxygens (including phenoxy) is 1. The van der Waals surface area contributed by atoms with Crippen LogP contribution in [-0.2, 0) is 4.74 Å². The molecule has 2 atom stereocenters. The third-order valence-electron chi connectivity index (χ3n) is 3.39. The van der Waals surface area contributed by atoms with Crippen LogP contribution in [0.5, 0.6) is 0 Å². The number of likely N-dealkylation sites (N-methyl/N-ethyl adjacent to an activating group) is 1. The van der Waals surface area contributed by atoms with Crippen molar-refractivity contribution in [3.63, 3.8) is 0 Å². The minimum atomic E-state index is -4.51. The van der Waals surface area contributed by atoms with Gasteiger partial charge in [0, 0.05) is 20.1 Å². The molecule has 0 aromatic heterocycles. The summed E-state index contributed by atoms with van der Waals surface area (Å²) < 4.78 is 43.9. The smallest absolute Gasteiger partial charge is 0.410 e. The van der Waals surface area contributed by atoms with Crippen molar-refractivity contribution in [1.29, 1.82) is 0 Å².